The van der Waals surface area contributed by atoms with Gasteiger partial charge >= 0.3 is 0 Å². The van der Waals surface area contributed by atoms with Crippen LogP contribution in [0.4, 0.5) is 0 Å². The first-order chi connectivity index (χ1) is 13.5. The fourth-order valence-corrected chi connectivity index (χ4v) is 3.42. The molecule has 1 aliphatic rings. The van der Waals surface area contributed by atoms with Gasteiger partial charge in [-0.25, -0.2) is 0 Å². The molecular weight excluding hydrogens is 358 g/mol. The number of aryl methyl sites for hydroxylation is 3. The fraction of sp³-hybridized carbons (Fsp3) is 0.476. The molecule has 1 aliphatic heterocycles. The first-order valence-corrected chi connectivity index (χ1v) is 9.58. The van der Waals surface area contributed by atoms with Gasteiger partial charge in [-0.1, -0.05) is 17.3 Å². The van der Waals surface area contributed by atoms with E-state index in [-0.39, 0.29) is 11.8 Å². The lowest BCUT2D eigenvalue weighted by Crippen LogP contribution is -2.51. The Morgan fingerprint density at radius 1 is 1.04 bits per heavy atom. The van der Waals surface area contributed by atoms with E-state index in [0.717, 1.165) is 22.6 Å². The third kappa shape index (κ3) is 4.71. The molecule has 150 valence electrons. The highest BCUT2D eigenvalue weighted by Crippen LogP contribution is 2.16. The first-order valence-electron chi connectivity index (χ1n) is 9.58. The standard InChI is InChI=1S/C21H27N3O4/c1-15-19(16(2)28-22-15)14-21(26)24-12-10-23(11-13-24)20(25)9-6-17-4-7-18(27-3)8-5-17/h4-5,7-8H,6,9-14H2,1-3H3. The minimum atomic E-state index is 0.0553. The average Bonchev–Trinajstić information content (AvgIpc) is 3.04. The maximum atomic E-state index is 12.6. The molecule has 1 aromatic carbocycles. The number of piperazine rings is 1. The number of carbonyl (C=O) groups excluding carboxylic acids is 2. The number of hydrogen-bond donors (Lipinski definition) is 0. The largest absolute Gasteiger partial charge is 0.497 e. The summed E-state index contributed by atoms with van der Waals surface area (Å²) < 4.78 is 10.3. The lowest BCUT2D eigenvalue weighted by molar-refractivity contribution is -0.139. The molecule has 1 aromatic heterocycles. The summed E-state index contributed by atoms with van der Waals surface area (Å²) in [6, 6.07) is 7.78. The zero-order valence-corrected chi connectivity index (χ0v) is 16.7. The van der Waals surface area contributed by atoms with Crippen molar-refractivity contribution in [3.8, 4) is 5.75 Å². The summed E-state index contributed by atoms with van der Waals surface area (Å²) in [6.07, 6.45) is 1.47. The topological polar surface area (TPSA) is 75.9 Å². The van der Waals surface area contributed by atoms with E-state index < -0.39 is 0 Å². The summed E-state index contributed by atoms with van der Waals surface area (Å²) >= 11 is 0. The van der Waals surface area contributed by atoms with Crippen LogP contribution < -0.4 is 4.74 Å². The van der Waals surface area contributed by atoms with Crippen LogP contribution >= 0.6 is 0 Å². The van der Waals surface area contributed by atoms with Crippen LogP contribution in [0.5, 0.6) is 5.75 Å². The molecule has 7 heteroatoms. The summed E-state index contributed by atoms with van der Waals surface area (Å²) in [5.41, 5.74) is 2.74. The average molecular weight is 385 g/mol. The van der Waals surface area contributed by atoms with Crippen LogP contribution in [-0.4, -0.2) is 60.1 Å². The van der Waals surface area contributed by atoms with Crippen LogP contribution in [0.25, 0.3) is 0 Å². The van der Waals surface area contributed by atoms with Gasteiger partial charge in [0.25, 0.3) is 0 Å². The van der Waals surface area contributed by atoms with E-state index in [0.29, 0.717) is 51.2 Å². The van der Waals surface area contributed by atoms with Gasteiger partial charge in [-0.3, -0.25) is 9.59 Å². The molecule has 2 heterocycles. The highest BCUT2D eigenvalue weighted by molar-refractivity contribution is 5.80. The number of ether oxygens (including phenoxy) is 1. The lowest BCUT2D eigenvalue weighted by Gasteiger charge is -2.35. The second kappa shape index (κ2) is 8.91. The number of nitrogens with zero attached hydrogens (tertiary/aromatic N) is 3. The molecule has 1 saturated heterocycles. The second-order valence-electron chi connectivity index (χ2n) is 7.09. The maximum Gasteiger partial charge on any atom is 0.227 e. The quantitative estimate of drug-likeness (QED) is 0.762. The summed E-state index contributed by atoms with van der Waals surface area (Å²) in [6.45, 7) is 5.96. The van der Waals surface area contributed by atoms with Crippen molar-refractivity contribution in [2.75, 3.05) is 33.3 Å². The Morgan fingerprint density at radius 2 is 1.64 bits per heavy atom. The zero-order valence-electron chi connectivity index (χ0n) is 16.7. The lowest BCUT2D eigenvalue weighted by atomic mass is 10.1. The zero-order chi connectivity index (χ0) is 20.1. The first kappa shape index (κ1) is 19.9. The third-order valence-electron chi connectivity index (χ3n) is 5.28. The Morgan fingerprint density at radius 3 is 2.18 bits per heavy atom. The molecule has 0 aliphatic carbocycles. The van der Waals surface area contributed by atoms with Gasteiger partial charge in [0, 0.05) is 38.2 Å². The molecule has 0 spiro atoms. The molecule has 7 nitrogen and oxygen atoms in total. The maximum absolute atomic E-state index is 12.6. The monoisotopic (exact) mass is 385 g/mol. The normalized spacial score (nSPS) is 14.2. The number of hydrogen-bond acceptors (Lipinski definition) is 5. The van der Waals surface area contributed by atoms with Crippen LogP contribution in [0.3, 0.4) is 0 Å². The van der Waals surface area contributed by atoms with Crippen molar-refractivity contribution in [2.24, 2.45) is 0 Å². The molecule has 0 bridgehead atoms. The van der Waals surface area contributed by atoms with E-state index in [9.17, 15) is 9.59 Å². The van der Waals surface area contributed by atoms with E-state index in [4.69, 9.17) is 9.26 Å². The highest BCUT2D eigenvalue weighted by Gasteiger charge is 2.25. The molecule has 3 rings (SSSR count). The molecule has 1 fully saturated rings. The Balaban J connectivity index is 1.45. The Hall–Kier alpha value is -2.83. The highest BCUT2D eigenvalue weighted by atomic mass is 16.5. The van der Waals surface area contributed by atoms with Gasteiger partial charge < -0.3 is 19.1 Å². The van der Waals surface area contributed by atoms with E-state index in [2.05, 4.69) is 5.16 Å². The molecule has 2 aromatic rings. The molecule has 0 radical (unpaired) electrons. The summed E-state index contributed by atoms with van der Waals surface area (Å²) in [5, 5.41) is 3.90. The summed E-state index contributed by atoms with van der Waals surface area (Å²) in [7, 11) is 1.64. The predicted octanol–water partition coefficient (Wildman–Crippen LogP) is 2.15. The molecular formula is C21H27N3O4. The van der Waals surface area contributed by atoms with Crippen LogP contribution in [-0.2, 0) is 22.4 Å². The van der Waals surface area contributed by atoms with Crippen molar-refractivity contribution >= 4 is 11.8 Å². The van der Waals surface area contributed by atoms with Crippen LogP contribution in [0.15, 0.2) is 28.8 Å². The van der Waals surface area contributed by atoms with Gasteiger partial charge in [0.05, 0.1) is 19.2 Å². The van der Waals surface area contributed by atoms with Gasteiger partial charge in [0.2, 0.25) is 11.8 Å². The van der Waals surface area contributed by atoms with Crippen LogP contribution in [0.1, 0.15) is 29.0 Å². The number of methoxy groups -OCH3 is 1. The minimum absolute atomic E-state index is 0.0553. The molecule has 0 N–H and O–H groups in total. The van der Waals surface area contributed by atoms with E-state index in [1.54, 1.807) is 7.11 Å². The second-order valence-corrected chi connectivity index (χ2v) is 7.09. The minimum Gasteiger partial charge on any atom is -0.497 e. The fourth-order valence-electron chi connectivity index (χ4n) is 3.42. The number of aromatic nitrogens is 1. The van der Waals surface area contributed by atoms with Crippen molar-refractivity contribution in [2.45, 2.75) is 33.1 Å². The van der Waals surface area contributed by atoms with Crippen molar-refractivity contribution in [3.05, 3.63) is 46.8 Å². The van der Waals surface area contributed by atoms with Crippen LogP contribution in [0, 0.1) is 13.8 Å². The van der Waals surface area contributed by atoms with Crippen molar-refractivity contribution in [1.82, 2.24) is 15.0 Å². The van der Waals surface area contributed by atoms with Gasteiger partial charge in [0.1, 0.15) is 11.5 Å². The molecule has 0 atom stereocenters. The smallest absolute Gasteiger partial charge is 0.227 e. The molecule has 0 saturated carbocycles. The Bertz CT molecular complexity index is 801. The number of amides is 2. The third-order valence-corrected chi connectivity index (χ3v) is 5.28. The number of carbonyl (C=O) groups is 2. The Kier molecular flexibility index (Phi) is 6.34. The summed E-state index contributed by atoms with van der Waals surface area (Å²) in [5.74, 6) is 1.69. The van der Waals surface area contributed by atoms with Gasteiger partial charge in [-0.2, -0.15) is 0 Å². The summed E-state index contributed by atoms with van der Waals surface area (Å²) in [4.78, 5) is 28.7. The van der Waals surface area contributed by atoms with E-state index in [1.165, 1.54) is 0 Å². The van der Waals surface area contributed by atoms with Gasteiger partial charge in [-0.15, -0.1) is 0 Å². The van der Waals surface area contributed by atoms with Gasteiger partial charge in [0.15, 0.2) is 0 Å². The SMILES string of the molecule is COc1ccc(CCC(=O)N2CCN(C(=O)Cc3c(C)noc3C)CC2)cc1. The van der Waals surface area contributed by atoms with E-state index in [1.807, 2.05) is 47.9 Å². The molecule has 2 amide bonds. The molecule has 28 heavy (non-hydrogen) atoms. The van der Waals surface area contributed by atoms with E-state index >= 15 is 0 Å². The number of rotatable bonds is 6. The number of benzene rings is 1. The predicted molar refractivity (Wildman–Crippen MR) is 104 cm³/mol. The van der Waals surface area contributed by atoms with Crippen LogP contribution in [0.2, 0.25) is 0 Å². The van der Waals surface area contributed by atoms with Crippen molar-refractivity contribution in [3.63, 3.8) is 0 Å². The van der Waals surface area contributed by atoms with Crippen molar-refractivity contribution in [1.29, 1.82) is 0 Å². The van der Waals surface area contributed by atoms with Crippen molar-refractivity contribution < 1.29 is 18.8 Å². The molecule has 0 unspecified atom stereocenters. The van der Waals surface area contributed by atoms with Gasteiger partial charge in [-0.05, 0) is 38.0 Å². The Labute approximate surface area is 165 Å².